The molecule has 0 aliphatic carbocycles. The summed E-state index contributed by atoms with van der Waals surface area (Å²) in [7, 11) is 0. The third kappa shape index (κ3) is 2.59. The van der Waals surface area contributed by atoms with Gasteiger partial charge in [0.15, 0.2) is 0 Å². The van der Waals surface area contributed by atoms with Crippen molar-refractivity contribution in [3.63, 3.8) is 0 Å². The quantitative estimate of drug-likeness (QED) is 0.609. The summed E-state index contributed by atoms with van der Waals surface area (Å²) in [6, 6.07) is 2.50. The molecular formula is C10H12S2Se. The molecule has 0 N–H and O–H groups in total. The molecule has 2 aliphatic heterocycles. The van der Waals surface area contributed by atoms with E-state index in [1.807, 2.05) is 0 Å². The maximum absolute atomic E-state index is 2.51. The van der Waals surface area contributed by atoms with Crippen LogP contribution in [0, 0.1) is 0 Å². The van der Waals surface area contributed by atoms with Crippen LogP contribution in [0.5, 0.6) is 0 Å². The van der Waals surface area contributed by atoms with Crippen molar-refractivity contribution in [1.29, 1.82) is 0 Å². The van der Waals surface area contributed by atoms with Crippen molar-refractivity contribution >= 4 is 38.0 Å². The molecule has 0 amide bonds. The Balaban J connectivity index is 1.62. The fourth-order valence-corrected chi connectivity index (χ4v) is 4.92. The summed E-state index contributed by atoms with van der Waals surface area (Å²) in [5.74, 6) is 2.83. The Morgan fingerprint density at radius 3 is 2.62 bits per heavy atom. The SMILES string of the molecule is c1[se]c(CC2CS2)cc1CC1CS1. The molecule has 2 atom stereocenters. The first kappa shape index (κ1) is 8.96. The summed E-state index contributed by atoms with van der Waals surface area (Å²) in [4.78, 5) is 2.51. The van der Waals surface area contributed by atoms with Crippen molar-refractivity contribution in [3.8, 4) is 0 Å². The van der Waals surface area contributed by atoms with E-state index < -0.39 is 0 Å². The van der Waals surface area contributed by atoms with Gasteiger partial charge in [0.25, 0.3) is 0 Å². The molecule has 0 spiro atoms. The third-order valence-electron chi connectivity index (χ3n) is 2.41. The third-order valence-corrected chi connectivity index (χ3v) is 6.46. The number of hydrogen-bond donors (Lipinski definition) is 0. The molecule has 2 fully saturated rings. The molecule has 1 aromatic heterocycles. The van der Waals surface area contributed by atoms with Crippen molar-refractivity contribution < 1.29 is 0 Å². The molecule has 0 radical (unpaired) electrons. The van der Waals surface area contributed by atoms with Gasteiger partial charge in [0.2, 0.25) is 0 Å². The van der Waals surface area contributed by atoms with Gasteiger partial charge < -0.3 is 0 Å². The minimum absolute atomic E-state index is 0.720. The summed E-state index contributed by atoms with van der Waals surface area (Å²) in [6.45, 7) is 0. The zero-order valence-corrected chi connectivity index (χ0v) is 10.7. The molecule has 3 heterocycles. The van der Waals surface area contributed by atoms with E-state index >= 15 is 0 Å². The van der Waals surface area contributed by atoms with Crippen LogP contribution in [-0.2, 0) is 12.8 Å². The Bertz CT molecular complexity index is 271. The van der Waals surface area contributed by atoms with Gasteiger partial charge in [-0.25, -0.2) is 0 Å². The van der Waals surface area contributed by atoms with E-state index in [-0.39, 0.29) is 0 Å². The second-order valence-corrected chi connectivity index (χ2v) is 8.50. The van der Waals surface area contributed by atoms with Crippen LogP contribution in [0.2, 0.25) is 0 Å². The van der Waals surface area contributed by atoms with E-state index in [4.69, 9.17) is 0 Å². The zero-order valence-electron chi connectivity index (χ0n) is 7.36. The Morgan fingerprint density at radius 2 is 1.92 bits per heavy atom. The van der Waals surface area contributed by atoms with Crippen LogP contribution in [-0.4, -0.2) is 36.5 Å². The molecule has 2 unspecified atom stereocenters. The van der Waals surface area contributed by atoms with Crippen LogP contribution in [0.15, 0.2) is 11.0 Å². The van der Waals surface area contributed by atoms with Gasteiger partial charge >= 0.3 is 93.9 Å². The fraction of sp³-hybridized carbons (Fsp3) is 0.600. The molecule has 2 aliphatic rings. The molecule has 70 valence electrons. The Hall–Kier alpha value is 0.699. The van der Waals surface area contributed by atoms with E-state index in [0.29, 0.717) is 0 Å². The Morgan fingerprint density at radius 1 is 1.23 bits per heavy atom. The normalized spacial score (nSPS) is 30.5. The van der Waals surface area contributed by atoms with E-state index in [1.54, 1.807) is 10.0 Å². The number of thioether (sulfide) groups is 2. The van der Waals surface area contributed by atoms with E-state index in [9.17, 15) is 0 Å². The van der Waals surface area contributed by atoms with Gasteiger partial charge in [-0.1, -0.05) is 0 Å². The van der Waals surface area contributed by atoms with Crippen LogP contribution >= 0.6 is 23.5 Å². The molecule has 3 rings (SSSR count). The van der Waals surface area contributed by atoms with Crippen LogP contribution in [0.25, 0.3) is 0 Å². The molecule has 13 heavy (non-hydrogen) atoms. The molecule has 0 bridgehead atoms. The minimum atomic E-state index is 0.720. The van der Waals surface area contributed by atoms with Crippen LogP contribution < -0.4 is 0 Å². The summed E-state index contributed by atoms with van der Waals surface area (Å²) < 4.78 is 1.75. The summed E-state index contributed by atoms with van der Waals surface area (Å²) >= 11 is 4.96. The van der Waals surface area contributed by atoms with Gasteiger partial charge in [0.1, 0.15) is 0 Å². The predicted octanol–water partition coefficient (Wildman–Crippen LogP) is 2.06. The van der Waals surface area contributed by atoms with E-state index in [1.165, 1.54) is 24.3 Å². The molecule has 2 saturated heterocycles. The predicted molar refractivity (Wildman–Crippen MR) is 63.3 cm³/mol. The van der Waals surface area contributed by atoms with Crippen molar-refractivity contribution in [2.75, 3.05) is 11.5 Å². The molecule has 0 nitrogen and oxygen atoms in total. The van der Waals surface area contributed by atoms with E-state index in [0.717, 1.165) is 25.0 Å². The van der Waals surface area contributed by atoms with Gasteiger partial charge in [-0.3, -0.25) is 0 Å². The van der Waals surface area contributed by atoms with Crippen LogP contribution in [0.3, 0.4) is 0 Å². The van der Waals surface area contributed by atoms with Gasteiger partial charge in [0, 0.05) is 0 Å². The number of rotatable bonds is 4. The Kier molecular flexibility index (Phi) is 2.55. The first-order valence-corrected chi connectivity index (χ1v) is 8.64. The average molecular weight is 275 g/mol. The zero-order chi connectivity index (χ0) is 8.67. The number of hydrogen-bond acceptors (Lipinski definition) is 2. The second-order valence-electron chi connectivity index (χ2n) is 3.74. The van der Waals surface area contributed by atoms with Crippen LogP contribution in [0.4, 0.5) is 0 Å². The maximum atomic E-state index is 2.51. The van der Waals surface area contributed by atoms with E-state index in [2.05, 4.69) is 34.5 Å². The van der Waals surface area contributed by atoms with Crippen molar-refractivity contribution in [3.05, 3.63) is 21.0 Å². The first-order chi connectivity index (χ1) is 6.40. The first-order valence-electron chi connectivity index (χ1n) is 4.69. The van der Waals surface area contributed by atoms with Crippen molar-refractivity contribution in [2.24, 2.45) is 0 Å². The van der Waals surface area contributed by atoms with Gasteiger partial charge in [0.05, 0.1) is 0 Å². The summed E-state index contributed by atoms with van der Waals surface area (Å²) in [6.07, 6.45) is 2.75. The molecular weight excluding hydrogens is 263 g/mol. The average Bonchev–Trinajstić information content (AvgIpc) is 2.96. The molecule has 1 aromatic rings. The van der Waals surface area contributed by atoms with Gasteiger partial charge in [-0.2, -0.15) is 0 Å². The van der Waals surface area contributed by atoms with Crippen molar-refractivity contribution in [2.45, 2.75) is 23.3 Å². The summed E-state index contributed by atoms with van der Waals surface area (Å²) in [5.41, 5.74) is 1.65. The fourth-order valence-electron chi connectivity index (χ4n) is 1.50. The standard InChI is InChI=1S/C10H12S2Se/c1(8-4-11-8)7-2-10(13-6-7)3-9-5-12-9/h2,6,8-9H,1,3-5H2. The topological polar surface area (TPSA) is 0 Å². The molecule has 0 saturated carbocycles. The monoisotopic (exact) mass is 276 g/mol. The van der Waals surface area contributed by atoms with Crippen LogP contribution in [0.1, 0.15) is 10.0 Å². The molecule has 0 aromatic carbocycles. The van der Waals surface area contributed by atoms with Gasteiger partial charge in [-0.05, 0) is 0 Å². The van der Waals surface area contributed by atoms with Crippen molar-refractivity contribution in [1.82, 2.24) is 0 Å². The Labute approximate surface area is 93.6 Å². The summed E-state index contributed by atoms with van der Waals surface area (Å²) in [5, 5.41) is 1.98. The van der Waals surface area contributed by atoms with Gasteiger partial charge in [-0.15, -0.1) is 0 Å². The second kappa shape index (κ2) is 3.69. The molecule has 3 heteroatoms.